The Labute approximate surface area is 170 Å². The molecule has 0 aromatic heterocycles. The molecule has 0 saturated carbocycles. The standard InChI is InChI=1S/C19H34O4.Na.H/c1-3-5-6-7-8-9-10-11-12-13-17-23-19(21)15-14-18(20)22-16-4-2;;/h4H,2-3,5-17H2,1H3;;. The summed E-state index contributed by atoms with van der Waals surface area (Å²) in [5, 5.41) is 0. The van der Waals surface area contributed by atoms with Crippen LogP contribution in [0.1, 0.15) is 84.0 Å². The molecule has 0 spiro atoms. The number of rotatable bonds is 16. The molecule has 0 radical (unpaired) electrons. The molecule has 0 rings (SSSR count). The zero-order valence-corrected chi connectivity index (χ0v) is 14.8. The van der Waals surface area contributed by atoms with Crippen LogP contribution in [0.5, 0.6) is 0 Å². The second-order valence-electron chi connectivity index (χ2n) is 5.87. The van der Waals surface area contributed by atoms with E-state index in [4.69, 9.17) is 9.47 Å². The molecule has 0 aliphatic heterocycles. The van der Waals surface area contributed by atoms with Gasteiger partial charge in [0.25, 0.3) is 0 Å². The first-order valence-corrected chi connectivity index (χ1v) is 9.12. The van der Waals surface area contributed by atoms with Crippen molar-refractivity contribution in [3.8, 4) is 0 Å². The molecule has 0 unspecified atom stereocenters. The summed E-state index contributed by atoms with van der Waals surface area (Å²) >= 11 is 0. The number of esters is 2. The topological polar surface area (TPSA) is 52.6 Å². The average molecular weight is 350 g/mol. The third kappa shape index (κ3) is 19.7. The van der Waals surface area contributed by atoms with Gasteiger partial charge in [-0.25, -0.2) is 0 Å². The SMILES string of the molecule is C=CCOC(=O)CCC(=O)OCCCCCCCCCCCC.[NaH]. The van der Waals surface area contributed by atoms with Crippen LogP contribution < -0.4 is 0 Å². The molecule has 4 nitrogen and oxygen atoms in total. The molecule has 0 saturated heterocycles. The van der Waals surface area contributed by atoms with E-state index in [-0.39, 0.29) is 60.9 Å². The zero-order valence-electron chi connectivity index (χ0n) is 14.8. The maximum atomic E-state index is 11.4. The van der Waals surface area contributed by atoms with Crippen molar-refractivity contribution >= 4 is 41.5 Å². The summed E-state index contributed by atoms with van der Waals surface area (Å²) in [5.41, 5.74) is 0. The summed E-state index contributed by atoms with van der Waals surface area (Å²) in [5.74, 6) is -0.711. The van der Waals surface area contributed by atoms with Crippen molar-refractivity contribution in [2.75, 3.05) is 13.2 Å². The first-order chi connectivity index (χ1) is 11.2. The van der Waals surface area contributed by atoms with Gasteiger partial charge in [-0.2, -0.15) is 0 Å². The molecule has 0 aliphatic carbocycles. The molecule has 0 aromatic rings. The second kappa shape index (κ2) is 20.7. The van der Waals surface area contributed by atoms with Gasteiger partial charge in [-0.1, -0.05) is 77.4 Å². The molecule has 0 aromatic carbocycles. The Bertz CT molecular complexity index is 318. The van der Waals surface area contributed by atoms with Crippen molar-refractivity contribution < 1.29 is 19.1 Å². The zero-order chi connectivity index (χ0) is 17.2. The molecule has 0 aliphatic rings. The van der Waals surface area contributed by atoms with Crippen LogP contribution in [0.25, 0.3) is 0 Å². The minimum atomic E-state index is -0.388. The fourth-order valence-electron chi connectivity index (χ4n) is 2.28. The Morgan fingerprint density at radius 1 is 0.792 bits per heavy atom. The number of ether oxygens (including phenoxy) is 2. The van der Waals surface area contributed by atoms with E-state index in [0.29, 0.717) is 6.61 Å². The molecular formula is C19H35NaO4. The molecule has 0 heterocycles. The minimum absolute atomic E-state index is 0. The fourth-order valence-corrected chi connectivity index (χ4v) is 2.28. The van der Waals surface area contributed by atoms with Crippen LogP contribution in [0.4, 0.5) is 0 Å². The van der Waals surface area contributed by atoms with Gasteiger partial charge in [0, 0.05) is 0 Å². The maximum absolute atomic E-state index is 11.4. The molecule has 0 amide bonds. The molecular weight excluding hydrogens is 315 g/mol. The Kier molecular flexibility index (Phi) is 22.4. The Morgan fingerprint density at radius 3 is 1.75 bits per heavy atom. The van der Waals surface area contributed by atoms with Crippen LogP contribution in [0, 0.1) is 0 Å². The van der Waals surface area contributed by atoms with E-state index in [9.17, 15) is 9.59 Å². The summed E-state index contributed by atoms with van der Waals surface area (Å²) in [6, 6.07) is 0. The van der Waals surface area contributed by atoms with E-state index in [1.807, 2.05) is 0 Å². The van der Waals surface area contributed by atoms with Gasteiger partial charge in [0.05, 0.1) is 19.4 Å². The van der Waals surface area contributed by atoms with Crippen molar-refractivity contribution in [3.05, 3.63) is 12.7 Å². The van der Waals surface area contributed by atoms with E-state index in [2.05, 4.69) is 13.5 Å². The van der Waals surface area contributed by atoms with Crippen LogP contribution >= 0.6 is 0 Å². The van der Waals surface area contributed by atoms with Crippen molar-refractivity contribution in [2.45, 2.75) is 84.0 Å². The normalized spacial score (nSPS) is 9.88. The van der Waals surface area contributed by atoms with E-state index in [1.54, 1.807) is 0 Å². The number of hydrogen-bond acceptors (Lipinski definition) is 4. The number of carbonyl (C=O) groups excluding carboxylic acids is 2. The molecule has 0 bridgehead atoms. The molecule has 0 N–H and O–H groups in total. The summed E-state index contributed by atoms with van der Waals surface area (Å²) in [6.07, 6.45) is 14.2. The van der Waals surface area contributed by atoms with Crippen molar-refractivity contribution in [3.63, 3.8) is 0 Å². The monoisotopic (exact) mass is 350 g/mol. The second-order valence-corrected chi connectivity index (χ2v) is 5.87. The summed E-state index contributed by atoms with van der Waals surface area (Å²) in [4.78, 5) is 22.6. The average Bonchev–Trinajstić information content (AvgIpc) is 2.56. The van der Waals surface area contributed by atoms with Gasteiger partial charge in [0.1, 0.15) is 6.61 Å². The summed E-state index contributed by atoms with van der Waals surface area (Å²) in [7, 11) is 0. The van der Waals surface area contributed by atoms with Crippen molar-refractivity contribution in [1.29, 1.82) is 0 Å². The summed E-state index contributed by atoms with van der Waals surface area (Å²) < 4.78 is 9.89. The fraction of sp³-hybridized carbons (Fsp3) is 0.789. The third-order valence-electron chi connectivity index (χ3n) is 3.66. The van der Waals surface area contributed by atoms with Gasteiger partial charge in [-0.3, -0.25) is 9.59 Å². The Hall–Kier alpha value is -0.320. The van der Waals surface area contributed by atoms with Crippen LogP contribution in [-0.4, -0.2) is 54.7 Å². The third-order valence-corrected chi connectivity index (χ3v) is 3.66. The molecule has 5 heteroatoms. The Balaban J connectivity index is 0. The van der Waals surface area contributed by atoms with Gasteiger partial charge in [-0.15, -0.1) is 0 Å². The van der Waals surface area contributed by atoms with Gasteiger partial charge in [0.15, 0.2) is 0 Å². The van der Waals surface area contributed by atoms with E-state index in [1.165, 1.54) is 57.4 Å². The number of carbonyl (C=O) groups is 2. The van der Waals surface area contributed by atoms with Crippen LogP contribution in [-0.2, 0) is 19.1 Å². The van der Waals surface area contributed by atoms with Gasteiger partial charge >= 0.3 is 41.5 Å². The van der Waals surface area contributed by atoms with Crippen molar-refractivity contribution in [2.24, 2.45) is 0 Å². The van der Waals surface area contributed by atoms with E-state index in [0.717, 1.165) is 12.8 Å². The van der Waals surface area contributed by atoms with Crippen LogP contribution in [0.3, 0.4) is 0 Å². The van der Waals surface area contributed by atoms with Crippen LogP contribution in [0.15, 0.2) is 12.7 Å². The van der Waals surface area contributed by atoms with E-state index < -0.39 is 0 Å². The van der Waals surface area contributed by atoms with Gasteiger partial charge < -0.3 is 9.47 Å². The molecule has 24 heavy (non-hydrogen) atoms. The van der Waals surface area contributed by atoms with Gasteiger partial charge in [0.2, 0.25) is 0 Å². The van der Waals surface area contributed by atoms with Gasteiger partial charge in [-0.05, 0) is 6.42 Å². The predicted octanol–water partition coefficient (Wildman–Crippen LogP) is 4.31. The summed E-state index contributed by atoms with van der Waals surface area (Å²) in [6.45, 7) is 6.33. The number of hydrogen-bond donors (Lipinski definition) is 0. The van der Waals surface area contributed by atoms with Crippen molar-refractivity contribution in [1.82, 2.24) is 0 Å². The predicted molar refractivity (Wildman–Crippen MR) is 100 cm³/mol. The molecule has 0 fully saturated rings. The van der Waals surface area contributed by atoms with Crippen LogP contribution in [0.2, 0.25) is 0 Å². The number of unbranched alkanes of at least 4 members (excludes halogenated alkanes) is 9. The quantitative estimate of drug-likeness (QED) is 0.180. The molecule has 0 atom stereocenters. The van der Waals surface area contributed by atoms with E-state index >= 15 is 0 Å². The first kappa shape index (κ1) is 25.9. The molecule has 136 valence electrons. The Morgan fingerprint density at radius 2 is 1.25 bits per heavy atom. The first-order valence-electron chi connectivity index (χ1n) is 9.12.